The molecule has 9 heteroatoms. The minimum absolute atomic E-state index is 0.141. The molecule has 4 rings (SSSR count). The van der Waals surface area contributed by atoms with Gasteiger partial charge in [-0.3, -0.25) is 13.9 Å². The number of para-hydroxylation sites is 1. The fourth-order valence-electron chi connectivity index (χ4n) is 3.23. The van der Waals surface area contributed by atoms with Crippen molar-refractivity contribution in [3.05, 3.63) is 89.4 Å². The van der Waals surface area contributed by atoms with Crippen molar-refractivity contribution >= 4 is 27.3 Å². The number of hydrogen-bond acceptors (Lipinski definition) is 5. The van der Waals surface area contributed by atoms with Crippen molar-refractivity contribution in [2.75, 3.05) is 4.72 Å². The number of benzene rings is 2. The van der Waals surface area contributed by atoms with Crippen LogP contribution in [-0.4, -0.2) is 28.9 Å². The van der Waals surface area contributed by atoms with Gasteiger partial charge in [0.25, 0.3) is 15.9 Å². The zero-order chi connectivity index (χ0) is 22.0. The fraction of sp³-hybridized carbons (Fsp3) is 0.136. The van der Waals surface area contributed by atoms with Gasteiger partial charge in [0.2, 0.25) is 0 Å². The van der Waals surface area contributed by atoms with E-state index in [-0.39, 0.29) is 22.7 Å². The second-order valence-corrected chi connectivity index (χ2v) is 8.80. The minimum Gasteiger partial charge on any atom is -0.345 e. The smallest absolute Gasteiger partial charge is 0.262 e. The molecule has 0 unspecified atom stereocenters. The lowest BCUT2D eigenvalue weighted by Crippen LogP contribution is -2.26. The van der Waals surface area contributed by atoms with Crippen LogP contribution in [0, 0.1) is 13.8 Å². The van der Waals surface area contributed by atoms with E-state index in [1.807, 2.05) is 37.4 Å². The van der Waals surface area contributed by atoms with E-state index in [1.54, 1.807) is 47.7 Å². The van der Waals surface area contributed by atoms with E-state index in [0.717, 1.165) is 5.56 Å². The molecule has 31 heavy (non-hydrogen) atoms. The number of nitrogens with one attached hydrogen (secondary N) is 2. The Hall–Kier alpha value is -3.72. The second kappa shape index (κ2) is 8.19. The predicted molar refractivity (Wildman–Crippen MR) is 117 cm³/mol. The third-order valence-electron chi connectivity index (χ3n) is 4.84. The van der Waals surface area contributed by atoms with Crippen LogP contribution in [0.2, 0.25) is 0 Å². The van der Waals surface area contributed by atoms with Crippen LogP contribution in [0.4, 0.5) is 5.69 Å². The molecule has 0 aliphatic heterocycles. The Morgan fingerprint density at radius 2 is 1.77 bits per heavy atom. The summed E-state index contributed by atoms with van der Waals surface area (Å²) in [5.41, 5.74) is 2.54. The van der Waals surface area contributed by atoms with E-state index < -0.39 is 15.9 Å². The minimum atomic E-state index is -3.87. The molecule has 0 saturated carbocycles. The molecule has 4 aromatic rings. The van der Waals surface area contributed by atoms with Crippen LogP contribution in [0.3, 0.4) is 0 Å². The highest BCUT2D eigenvalue weighted by atomic mass is 32.2. The van der Waals surface area contributed by atoms with E-state index in [4.69, 9.17) is 0 Å². The maximum absolute atomic E-state index is 13.0. The maximum Gasteiger partial charge on any atom is 0.262 e. The molecular weight excluding hydrogens is 414 g/mol. The van der Waals surface area contributed by atoms with Crippen LogP contribution in [0.1, 0.15) is 27.3 Å². The molecule has 0 atom stereocenters. The largest absolute Gasteiger partial charge is 0.345 e. The Morgan fingerprint density at radius 3 is 2.61 bits per heavy atom. The molecule has 0 spiro atoms. The first kappa shape index (κ1) is 20.5. The zero-order valence-corrected chi connectivity index (χ0v) is 17.8. The van der Waals surface area contributed by atoms with Gasteiger partial charge in [-0.15, -0.1) is 10.2 Å². The standard InChI is InChI=1S/C22H21N5O3S/c1-15-10-11-16(2)19(13-15)31(29,30)26-18-8-4-3-7-17(18)22(28)23-14-21-25-24-20-9-5-6-12-27(20)21/h3-13,26H,14H2,1-2H3,(H,23,28). The summed E-state index contributed by atoms with van der Waals surface area (Å²) in [5.74, 6) is 0.143. The number of amides is 1. The molecule has 8 nitrogen and oxygen atoms in total. The van der Waals surface area contributed by atoms with E-state index in [1.165, 1.54) is 0 Å². The molecule has 158 valence electrons. The van der Waals surface area contributed by atoms with Crippen LogP contribution in [0.25, 0.3) is 5.65 Å². The normalized spacial score (nSPS) is 11.4. The molecule has 0 aliphatic rings. The average Bonchev–Trinajstić information content (AvgIpc) is 3.17. The van der Waals surface area contributed by atoms with Gasteiger partial charge in [-0.2, -0.15) is 0 Å². The SMILES string of the molecule is Cc1ccc(C)c(S(=O)(=O)Nc2ccccc2C(=O)NCc2nnc3ccccn23)c1. The van der Waals surface area contributed by atoms with Crippen molar-refractivity contribution in [2.45, 2.75) is 25.3 Å². The average molecular weight is 436 g/mol. The number of carbonyl (C=O) groups excluding carboxylic acids is 1. The molecule has 2 N–H and O–H groups in total. The number of nitrogens with zero attached hydrogens (tertiary/aromatic N) is 3. The van der Waals surface area contributed by atoms with Gasteiger partial charge in [0.05, 0.1) is 22.7 Å². The summed E-state index contributed by atoms with van der Waals surface area (Å²) in [4.78, 5) is 13.0. The van der Waals surface area contributed by atoms with Crippen molar-refractivity contribution in [3.63, 3.8) is 0 Å². The van der Waals surface area contributed by atoms with Crippen LogP contribution in [-0.2, 0) is 16.6 Å². The highest BCUT2D eigenvalue weighted by Gasteiger charge is 2.20. The Labute approximate surface area is 180 Å². The summed E-state index contributed by atoms with van der Waals surface area (Å²) >= 11 is 0. The van der Waals surface area contributed by atoms with Gasteiger partial charge >= 0.3 is 0 Å². The molecule has 0 aliphatic carbocycles. The van der Waals surface area contributed by atoms with Gasteiger partial charge in [-0.05, 0) is 55.3 Å². The molecule has 2 heterocycles. The maximum atomic E-state index is 13.0. The van der Waals surface area contributed by atoms with Crippen LogP contribution in [0.15, 0.2) is 71.8 Å². The van der Waals surface area contributed by atoms with Crippen molar-refractivity contribution in [2.24, 2.45) is 0 Å². The Morgan fingerprint density at radius 1 is 1.00 bits per heavy atom. The lowest BCUT2D eigenvalue weighted by molar-refractivity contribution is 0.0950. The molecular formula is C22H21N5O3S. The third kappa shape index (κ3) is 4.26. The van der Waals surface area contributed by atoms with E-state index in [0.29, 0.717) is 17.0 Å². The fourth-order valence-corrected chi connectivity index (χ4v) is 4.64. The first-order valence-electron chi connectivity index (χ1n) is 9.61. The van der Waals surface area contributed by atoms with Crippen molar-refractivity contribution in [3.8, 4) is 0 Å². The number of hydrogen-bond donors (Lipinski definition) is 2. The number of carbonyl (C=O) groups is 1. The summed E-state index contributed by atoms with van der Waals surface area (Å²) in [7, 11) is -3.87. The van der Waals surface area contributed by atoms with Crippen molar-refractivity contribution in [1.82, 2.24) is 19.9 Å². The number of sulfonamides is 1. The van der Waals surface area contributed by atoms with Gasteiger partial charge in [0, 0.05) is 6.20 Å². The predicted octanol–water partition coefficient (Wildman–Crippen LogP) is 3.08. The Balaban J connectivity index is 1.56. The molecule has 2 aromatic heterocycles. The van der Waals surface area contributed by atoms with Gasteiger partial charge in [0.1, 0.15) is 0 Å². The number of pyridine rings is 1. The summed E-state index contributed by atoms with van der Waals surface area (Å²) in [5, 5.41) is 10.9. The first-order valence-corrected chi connectivity index (χ1v) is 11.1. The molecule has 0 bridgehead atoms. The lowest BCUT2D eigenvalue weighted by atomic mass is 10.1. The van der Waals surface area contributed by atoms with Gasteiger partial charge in [0.15, 0.2) is 11.5 Å². The zero-order valence-electron chi connectivity index (χ0n) is 17.0. The molecule has 1 amide bonds. The van der Waals surface area contributed by atoms with Gasteiger partial charge < -0.3 is 5.32 Å². The number of anilines is 1. The number of aromatic nitrogens is 3. The van der Waals surface area contributed by atoms with Gasteiger partial charge in [-0.25, -0.2) is 8.42 Å². The highest BCUT2D eigenvalue weighted by molar-refractivity contribution is 7.92. The summed E-state index contributed by atoms with van der Waals surface area (Å²) in [6, 6.07) is 17.2. The van der Waals surface area contributed by atoms with Crippen LogP contribution < -0.4 is 10.0 Å². The van der Waals surface area contributed by atoms with Crippen molar-refractivity contribution in [1.29, 1.82) is 0 Å². The number of fused-ring (bicyclic) bond motifs is 1. The lowest BCUT2D eigenvalue weighted by Gasteiger charge is -2.14. The number of aryl methyl sites for hydroxylation is 2. The summed E-state index contributed by atoms with van der Waals surface area (Å²) in [6.07, 6.45) is 1.81. The second-order valence-electron chi connectivity index (χ2n) is 7.15. The third-order valence-corrected chi connectivity index (χ3v) is 6.35. The van der Waals surface area contributed by atoms with E-state index >= 15 is 0 Å². The number of rotatable bonds is 6. The van der Waals surface area contributed by atoms with Gasteiger partial charge in [-0.1, -0.05) is 30.3 Å². The highest BCUT2D eigenvalue weighted by Crippen LogP contribution is 2.23. The monoisotopic (exact) mass is 435 g/mol. The van der Waals surface area contributed by atoms with Crippen molar-refractivity contribution < 1.29 is 13.2 Å². The topological polar surface area (TPSA) is 105 Å². The molecule has 2 aromatic carbocycles. The Bertz CT molecular complexity index is 1380. The quantitative estimate of drug-likeness (QED) is 0.484. The summed E-state index contributed by atoms with van der Waals surface area (Å²) in [6.45, 7) is 3.70. The summed E-state index contributed by atoms with van der Waals surface area (Å²) < 4.78 is 30.3. The van der Waals surface area contributed by atoms with E-state index in [2.05, 4.69) is 20.2 Å². The molecule has 0 fully saturated rings. The van der Waals surface area contributed by atoms with Crippen LogP contribution >= 0.6 is 0 Å². The molecule has 0 radical (unpaired) electrons. The Kier molecular flexibility index (Phi) is 5.43. The van der Waals surface area contributed by atoms with E-state index in [9.17, 15) is 13.2 Å². The first-order chi connectivity index (χ1) is 14.8. The van der Waals surface area contributed by atoms with Crippen LogP contribution in [0.5, 0.6) is 0 Å². The molecule has 0 saturated heterocycles.